The zero-order valence-corrected chi connectivity index (χ0v) is 16.7. The number of nitrogens with zero attached hydrogens (tertiary/aromatic N) is 2. The zero-order valence-electron chi connectivity index (χ0n) is 16.7. The predicted molar refractivity (Wildman–Crippen MR) is 113 cm³/mol. The standard InChI is InChI=1S/C23H25N3O3/c1-26-20(13-15-25-26)9-11-23(27)24-14-12-18-8-10-21(28-2)22(16-18)29-17-19-6-4-3-5-7-19/h3-11,13,15-16H,12,14,17H2,1-2H3,(H,24,27). The van der Waals surface area contributed by atoms with Gasteiger partial charge in [-0.05, 0) is 41.8 Å². The van der Waals surface area contributed by atoms with Crippen molar-refractivity contribution in [2.45, 2.75) is 13.0 Å². The Bertz CT molecular complexity index is 965. The van der Waals surface area contributed by atoms with Crippen molar-refractivity contribution in [3.8, 4) is 11.5 Å². The van der Waals surface area contributed by atoms with Crippen LogP contribution in [0.2, 0.25) is 0 Å². The highest BCUT2D eigenvalue weighted by atomic mass is 16.5. The maximum atomic E-state index is 12.0. The molecule has 1 aromatic heterocycles. The van der Waals surface area contributed by atoms with E-state index in [1.165, 1.54) is 6.08 Å². The first-order valence-electron chi connectivity index (χ1n) is 9.43. The molecular weight excluding hydrogens is 366 g/mol. The van der Waals surface area contributed by atoms with Gasteiger partial charge in [0.15, 0.2) is 11.5 Å². The lowest BCUT2D eigenvalue weighted by Crippen LogP contribution is -2.23. The van der Waals surface area contributed by atoms with E-state index >= 15 is 0 Å². The number of benzene rings is 2. The van der Waals surface area contributed by atoms with Crippen LogP contribution in [0.4, 0.5) is 0 Å². The molecule has 0 fully saturated rings. The summed E-state index contributed by atoms with van der Waals surface area (Å²) in [6.45, 7) is 0.995. The molecule has 3 rings (SSSR count). The molecule has 0 saturated carbocycles. The van der Waals surface area contributed by atoms with Crippen LogP contribution in [0.3, 0.4) is 0 Å². The van der Waals surface area contributed by atoms with Crippen molar-refractivity contribution >= 4 is 12.0 Å². The molecule has 1 heterocycles. The minimum Gasteiger partial charge on any atom is -0.493 e. The average molecular weight is 391 g/mol. The maximum Gasteiger partial charge on any atom is 0.244 e. The number of aryl methyl sites for hydroxylation is 1. The molecule has 0 atom stereocenters. The molecule has 0 spiro atoms. The van der Waals surface area contributed by atoms with E-state index in [9.17, 15) is 4.79 Å². The van der Waals surface area contributed by atoms with E-state index in [0.717, 1.165) is 16.8 Å². The van der Waals surface area contributed by atoms with Gasteiger partial charge in [-0.2, -0.15) is 5.10 Å². The summed E-state index contributed by atoms with van der Waals surface area (Å²) in [5.41, 5.74) is 3.02. The molecule has 0 bridgehead atoms. The van der Waals surface area contributed by atoms with Crippen LogP contribution in [-0.4, -0.2) is 29.3 Å². The van der Waals surface area contributed by atoms with E-state index in [1.807, 2.05) is 61.6 Å². The van der Waals surface area contributed by atoms with Gasteiger partial charge >= 0.3 is 0 Å². The van der Waals surface area contributed by atoms with Crippen molar-refractivity contribution in [3.05, 3.63) is 83.7 Å². The van der Waals surface area contributed by atoms with Gasteiger partial charge in [0.25, 0.3) is 0 Å². The quantitative estimate of drug-likeness (QED) is 0.568. The molecular formula is C23H25N3O3. The molecule has 0 aliphatic carbocycles. The lowest BCUT2D eigenvalue weighted by molar-refractivity contribution is -0.116. The second-order valence-corrected chi connectivity index (χ2v) is 6.51. The van der Waals surface area contributed by atoms with Crippen molar-refractivity contribution in [2.75, 3.05) is 13.7 Å². The van der Waals surface area contributed by atoms with E-state index in [2.05, 4.69) is 10.4 Å². The molecule has 0 radical (unpaired) electrons. The number of ether oxygens (including phenoxy) is 2. The number of methoxy groups -OCH3 is 1. The summed E-state index contributed by atoms with van der Waals surface area (Å²) in [7, 11) is 3.46. The molecule has 0 aliphatic rings. The van der Waals surface area contributed by atoms with Gasteiger partial charge in [0.05, 0.1) is 12.8 Å². The zero-order chi connectivity index (χ0) is 20.5. The third-order valence-electron chi connectivity index (χ3n) is 4.44. The Morgan fingerprint density at radius 1 is 1.10 bits per heavy atom. The molecule has 0 unspecified atom stereocenters. The van der Waals surface area contributed by atoms with Gasteiger partial charge in [-0.3, -0.25) is 9.48 Å². The van der Waals surface area contributed by atoms with Gasteiger partial charge in [-0.1, -0.05) is 36.4 Å². The third-order valence-corrected chi connectivity index (χ3v) is 4.44. The number of amides is 1. The first kappa shape index (κ1) is 20.2. The van der Waals surface area contributed by atoms with Crippen LogP contribution < -0.4 is 14.8 Å². The van der Waals surface area contributed by atoms with Crippen molar-refractivity contribution in [3.63, 3.8) is 0 Å². The van der Waals surface area contributed by atoms with E-state index in [0.29, 0.717) is 31.1 Å². The van der Waals surface area contributed by atoms with Gasteiger partial charge in [0.2, 0.25) is 5.91 Å². The van der Waals surface area contributed by atoms with Crippen molar-refractivity contribution in [1.29, 1.82) is 0 Å². The largest absolute Gasteiger partial charge is 0.493 e. The summed E-state index contributed by atoms with van der Waals surface area (Å²) in [6.07, 6.45) is 5.64. The molecule has 150 valence electrons. The third kappa shape index (κ3) is 5.97. The van der Waals surface area contributed by atoms with E-state index < -0.39 is 0 Å². The Kier molecular flexibility index (Phi) is 7.05. The van der Waals surface area contributed by atoms with Gasteiger partial charge in [-0.15, -0.1) is 0 Å². The van der Waals surface area contributed by atoms with Gasteiger partial charge in [-0.25, -0.2) is 0 Å². The summed E-state index contributed by atoms with van der Waals surface area (Å²) in [6, 6.07) is 17.7. The number of hydrogen-bond donors (Lipinski definition) is 1. The number of carbonyl (C=O) groups is 1. The summed E-state index contributed by atoms with van der Waals surface area (Å²) < 4.78 is 13.0. The van der Waals surface area contributed by atoms with Crippen molar-refractivity contribution < 1.29 is 14.3 Å². The minimum atomic E-state index is -0.139. The molecule has 6 heteroatoms. The van der Waals surface area contributed by atoms with E-state index in [4.69, 9.17) is 9.47 Å². The maximum absolute atomic E-state index is 12.0. The van der Waals surface area contributed by atoms with Gasteiger partial charge < -0.3 is 14.8 Å². The van der Waals surface area contributed by atoms with Crippen LogP contribution in [0.25, 0.3) is 6.08 Å². The van der Waals surface area contributed by atoms with Crippen molar-refractivity contribution in [1.82, 2.24) is 15.1 Å². The van der Waals surface area contributed by atoms with E-state index in [1.54, 1.807) is 24.1 Å². The minimum absolute atomic E-state index is 0.139. The summed E-state index contributed by atoms with van der Waals surface area (Å²) in [5, 5.41) is 6.96. The Morgan fingerprint density at radius 2 is 1.93 bits per heavy atom. The van der Waals surface area contributed by atoms with E-state index in [-0.39, 0.29) is 5.91 Å². The molecule has 6 nitrogen and oxygen atoms in total. The fourth-order valence-electron chi connectivity index (χ4n) is 2.82. The molecule has 1 amide bonds. The molecule has 0 saturated heterocycles. The predicted octanol–water partition coefficient (Wildman–Crippen LogP) is 3.38. The molecule has 2 aromatic carbocycles. The highest BCUT2D eigenvalue weighted by Gasteiger charge is 2.07. The van der Waals surface area contributed by atoms with Crippen LogP contribution in [0.1, 0.15) is 16.8 Å². The highest BCUT2D eigenvalue weighted by Crippen LogP contribution is 2.29. The monoisotopic (exact) mass is 391 g/mol. The lowest BCUT2D eigenvalue weighted by Gasteiger charge is -2.12. The second-order valence-electron chi connectivity index (χ2n) is 6.51. The summed E-state index contributed by atoms with van der Waals surface area (Å²) >= 11 is 0. The smallest absolute Gasteiger partial charge is 0.244 e. The Labute approximate surface area is 170 Å². The van der Waals surface area contributed by atoms with Crippen LogP contribution in [0.15, 0.2) is 66.9 Å². The first-order chi connectivity index (χ1) is 14.2. The first-order valence-corrected chi connectivity index (χ1v) is 9.43. The van der Waals surface area contributed by atoms with Gasteiger partial charge in [0.1, 0.15) is 6.61 Å². The summed E-state index contributed by atoms with van der Waals surface area (Å²) in [5.74, 6) is 1.24. The average Bonchev–Trinajstić information content (AvgIpc) is 3.16. The Morgan fingerprint density at radius 3 is 2.66 bits per heavy atom. The Balaban J connectivity index is 1.53. The fraction of sp³-hybridized carbons (Fsp3) is 0.217. The molecule has 0 aliphatic heterocycles. The topological polar surface area (TPSA) is 65.4 Å². The van der Waals surface area contributed by atoms with Crippen LogP contribution in [-0.2, 0) is 24.9 Å². The molecule has 3 aromatic rings. The van der Waals surface area contributed by atoms with Gasteiger partial charge in [0, 0.05) is 25.9 Å². The highest BCUT2D eigenvalue weighted by molar-refractivity contribution is 5.91. The Hall–Kier alpha value is -3.54. The number of nitrogens with one attached hydrogen (secondary N) is 1. The number of rotatable bonds is 9. The second kappa shape index (κ2) is 10.1. The van der Waals surface area contributed by atoms with Crippen molar-refractivity contribution in [2.24, 2.45) is 7.05 Å². The number of hydrogen-bond acceptors (Lipinski definition) is 4. The van der Waals surface area contributed by atoms with Crippen LogP contribution in [0, 0.1) is 0 Å². The summed E-state index contributed by atoms with van der Waals surface area (Å²) in [4.78, 5) is 12.0. The lowest BCUT2D eigenvalue weighted by atomic mass is 10.1. The number of aromatic nitrogens is 2. The molecule has 29 heavy (non-hydrogen) atoms. The molecule has 1 N–H and O–H groups in total. The SMILES string of the molecule is COc1ccc(CCNC(=O)C=Cc2ccnn2C)cc1OCc1ccccc1. The normalized spacial score (nSPS) is 10.8. The van der Waals surface area contributed by atoms with Crippen LogP contribution in [0.5, 0.6) is 11.5 Å². The fourth-order valence-corrected chi connectivity index (χ4v) is 2.82. The van der Waals surface area contributed by atoms with Crippen LogP contribution >= 0.6 is 0 Å². The number of carbonyl (C=O) groups excluding carboxylic acids is 1.